The summed E-state index contributed by atoms with van der Waals surface area (Å²) in [5.41, 5.74) is 1.80. The minimum atomic E-state index is 0.279. The molecule has 3 aromatic carbocycles. The van der Waals surface area contributed by atoms with Gasteiger partial charge in [0.15, 0.2) is 0 Å². The first-order valence-corrected chi connectivity index (χ1v) is 6.15. The highest BCUT2D eigenvalue weighted by atomic mass is 16.5. The normalized spacial score (nSPS) is 10.6. The molecule has 0 aliphatic heterocycles. The van der Waals surface area contributed by atoms with Gasteiger partial charge in [0.1, 0.15) is 11.5 Å². The lowest BCUT2D eigenvalue weighted by atomic mass is 9.97. The lowest BCUT2D eigenvalue weighted by Gasteiger charge is -2.11. The minimum absolute atomic E-state index is 0.279. The molecule has 0 unspecified atom stereocenters. The predicted molar refractivity (Wildman–Crippen MR) is 77.6 cm³/mol. The second-order valence-electron chi connectivity index (χ2n) is 4.41. The lowest BCUT2D eigenvalue weighted by molar-refractivity contribution is 0.415. The summed E-state index contributed by atoms with van der Waals surface area (Å²) in [6, 6.07) is 19.4. The average molecular weight is 250 g/mol. The van der Waals surface area contributed by atoms with E-state index in [2.05, 4.69) is 6.07 Å². The molecule has 3 aromatic rings. The molecule has 3 rings (SSSR count). The molecule has 2 heteroatoms. The molecule has 0 aromatic heterocycles. The van der Waals surface area contributed by atoms with Gasteiger partial charge in [-0.1, -0.05) is 42.5 Å². The number of para-hydroxylation sites is 1. The summed E-state index contributed by atoms with van der Waals surface area (Å²) in [6.45, 7) is 0. The van der Waals surface area contributed by atoms with Crippen LogP contribution in [0.15, 0.2) is 60.7 Å². The Morgan fingerprint density at radius 1 is 0.842 bits per heavy atom. The van der Waals surface area contributed by atoms with Gasteiger partial charge < -0.3 is 9.84 Å². The van der Waals surface area contributed by atoms with Gasteiger partial charge in [0.25, 0.3) is 0 Å². The van der Waals surface area contributed by atoms with E-state index in [1.165, 1.54) is 0 Å². The molecule has 0 aliphatic carbocycles. The number of phenols is 1. The van der Waals surface area contributed by atoms with Crippen molar-refractivity contribution in [3.63, 3.8) is 0 Å². The Bertz CT molecular complexity index is 732. The van der Waals surface area contributed by atoms with Crippen molar-refractivity contribution in [2.24, 2.45) is 0 Å². The summed E-state index contributed by atoms with van der Waals surface area (Å²) in [5, 5.41) is 12.2. The molecule has 2 nitrogen and oxygen atoms in total. The maximum absolute atomic E-state index is 10.0. The SMILES string of the molecule is COc1cc(-c2ccccc2O)c2ccccc2c1. The monoisotopic (exact) mass is 250 g/mol. The molecule has 0 bridgehead atoms. The van der Waals surface area contributed by atoms with E-state index in [9.17, 15) is 5.11 Å². The molecule has 0 fully saturated rings. The van der Waals surface area contributed by atoms with Gasteiger partial charge in [-0.25, -0.2) is 0 Å². The van der Waals surface area contributed by atoms with E-state index in [4.69, 9.17) is 4.74 Å². The van der Waals surface area contributed by atoms with Gasteiger partial charge in [0.2, 0.25) is 0 Å². The van der Waals surface area contributed by atoms with E-state index in [0.717, 1.165) is 27.6 Å². The van der Waals surface area contributed by atoms with Crippen LogP contribution in [0.5, 0.6) is 11.5 Å². The van der Waals surface area contributed by atoms with Gasteiger partial charge in [-0.05, 0) is 34.5 Å². The van der Waals surface area contributed by atoms with Crippen molar-refractivity contribution >= 4 is 10.8 Å². The Labute approximate surface area is 111 Å². The fourth-order valence-electron chi connectivity index (χ4n) is 2.33. The summed E-state index contributed by atoms with van der Waals surface area (Å²) < 4.78 is 5.34. The fraction of sp³-hybridized carbons (Fsp3) is 0.0588. The highest BCUT2D eigenvalue weighted by Crippen LogP contribution is 2.37. The minimum Gasteiger partial charge on any atom is -0.507 e. The number of hydrogen-bond acceptors (Lipinski definition) is 2. The van der Waals surface area contributed by atoms with Crippen LogP contribution in [0.2, 0.25) is 0 Å². The number of rotatable bonds is 2. The number of methoxy groups -OCH3 is 1. The molecular formula is C17H14O2. The maximum Gasteiger partial charge on any atom is 0.123 e. The van der Waals surface area contributed by atoms with Crippen LogP contribution in [0.3, 0.4) is 0 Å². The van der Waals surface area contributed by atoms with Gasteiger partial charge in [-0.15, -0.1) is 0 Å². The number of benzene rings is 3. The second-order valence-corrected chi connectivity index (χ2v) is 4.41. The van der Waals surface area contributed by atoms with Crippen molar-refractivity contribution in [2.45, 2.75) is 0 Å². The van der Waals surface area contributed by atoms with Crippen LogP contribution in [-0.4, -0.2) is 12.2 Å². The van der Waals surface area contributed by atoms with Crippen molar-refractivity contribution in [1.29, 1.82) is 0 Å². The Kier molecular flexibility index (Phi) is 2.84. The van der Waals surface area contributed by atoms with Crippen molar-refractivity contribution in [1.82, 2.24) is 0 Å². The van der Waals surface area contributed by atoms with E-state index < -0.39 is 0 Å². The van der Waals surface area contributed by atoms with Gasteiger partial charge in [0, 0.05) is 5.56 Å². The number of ether oxygens (including phenoxy) is 1. The number of aromatic hydroxyl groups is 1. The molecule has 0 atom stereocenters. The molecule has 19 heavy (non-hydrogen) atoms. The summed E-state index contributed by atoms with van der Waals surface area (Å²) >= 11 is 0. The first-order valence-electron chi connectivity index (χ1n) is 6.15. The summed E-state index contributed by atoms with van der Waals surface area (Å²) in [7, 11) is 1.65. The molecule has 0 radical (unpaired) electrons. The van der Waals surface area contributed by atoms with Gasteiger partial charge >= 0.3 is 0 Å². The molecule has 0 aliphatic rings. The molecule has 1 N–H and O–H groups in total. The third-order valence-electron chi connectivity index (χ3n) is 3.27. The quantitative estimate of drug-likeness (QED) is 0.737. The zero-order valence-electron chi connectivity index (χ0n) is 10.6. The van der Waals surface area contributed by atoms with Crippen LogP contribution < -0.4 is 4.74 Å². The molecule has 0 spiro atoms. The van der Waals surface area contributed by atoms with Crippen LogP contribution in [-0.2, 0) is 0 Å². The topological polar surface area (TPSA) is 29.5 Å². The van der Waals surface area contributed by atoms with Crippen LogP contribution in [0.25, 0.3) is 21.9 Å². The molecule has 0 saturated heterocycles. The van der Waals surface area contributed by atoms with Crippen molar-refractivity contribution in [2.75, 3.05) is 7.11 Å². The Balaban J connectivity index is 2.36. The molecule has 0 saturated carbocycles. The molecule has 0 heterocycles. The molecular weight excluding hydrogens is 236 g/mol. The van der Waals surface area contributed by atoms with E-state index in [0.29, 0.717) is 0 Å². The van der Waals surface area contributed by atoms with Crippen molar-refractivity contribution in [3.05, 3.63) is 60.7 Å². The number of fused-ring (bicyclic) bond motifs is 1. The van der Waals surface area contributed by atoms with Crippen LogP contribution in [0.1, 0.15) is 0 Å². The van der Waals surface area contributed by atoms with Gasteiger partial charge in [-0.2, -0.15) is 0 Å². The van der Waals surface area contributed by atoms with Gasteiger partial charge in [0.05, 0.1) is 7.11 Å². The Morgan fingerprint density at radius 3 is 2.37 bits per heavy atom. The van der Waals surface area contributed by atoms with E-state index in [-0.39, 0.29) is 5.75 Å². The largest absolute Gasteiger partial charge is 0.507 e. The highest BCUT2D eigenvalue weighted by molar-refractivity contribution is 5.99. The third kappa shape index (κ3) is 2.02. The van der Waals surface area contributed by atoms with E-state index in [1.807, 2.05) is 48.5 Å². The number of phenolic OH excluding ortho intramolecular Hbond substituents is 1. The van der Waals surface area contributed by atoms with E-state index in [1.54, 1.807) is 13.2 Å². The van der Waals surface area contributed by atoms with Crippen LogP contribution in [0.4, 0.5) is 0 Å². The van der Waals surface area contributed by atoms with Gasteiger partial charge in [-0.3, -0.25) is 0 Å². The predicted octanol–water partition coefficient (Wildman–Crippen LogP) is 4.22. The zero-order chi connectivity index (χ0) is 13.2. The fourth-order valence-corrected chi connectivity index (χ4v) is 2.33. The zero-order valence-corrected chi connectivity index (χ0v) is 10.6. The highest BCUT2D eigenvalue weighted by Gasteiger charge is 2.09. The first kappa shape index (κ1) is 11.6. The summed E-state index contributed by atoms with van der Waals surface area (Å²) in [5.74, 6) is 1.07. The second kappa shape index (κ2) is 4.65. The third-order valence-corrected chi connectivity index (χ3v) is 3.27. The first-order chi connectivity index (χ1) is 9.29. The van der Waals surface area contributed by atoms with Crippen LogP contribution in [0, 0.1) is 0 Å². The number of hydrogen-bond donors (Lipinski definition) is 1. The Morgan fingerprint density at radius 2 is 1.58 bits per heavy atom. The lowest BCUT2D eigenvalue weighted by Crippen LogP contribution is -1.87. The molecule has 0 amide bonds. The smallest absolute Gasteiger partial charge is 0.123 e. The maximum atomic E-state index is 10.0. The van der Waals surface area contributed by atoms with Crippen molar-refractivity contribution < 1.29 is 9.84 Å². The molecule has 94 valence electrons. The standard InChI is InChI=1S/C17H14O2/c1-19-13-10-12-6-2-3-7-14(12)16(11-13)15-8-4-5-9-17(15)18/h2-11,18H,1H3. The summed E-state index contributed by atoms with van der Waals surface area (Å²) in [6.07, 6.45) is 0. The summed E-state index contributed by atoms with van der Waals surface area (Å²) in [4.78, 5) is 0. The van der Waals surface area contributed by atoms with Crippen LogP contribution >= 0.6 is 0 Å². The van der Waals surface area contributed by atoms with Crippen molar-refractivity contribution in [3.8, 4) is 22.6 Å². The Hall–Kier alpha value is -2.48. The average Bonchev–Trinajstić information content (AvgIpc) is 2.46. The van der Waals surface area contributed by atoms with E-state index >= 15 is 0 Å².